The topological polar surface area (TPSA) is 138 Å². The number of carboxylic acids is 1. The maximum atomic E-state index is 11.0. The van der Waals surface area contributed by atoms with Gasteiger partial charge in [-0.2, -0.15) is 8.42 Å². The van der Waals surface area contributed by atoms with Crippen molar-refractivity contribution in [3.8, 4) is 11.8 Å². The van der Waals surface area contributed by atoms with Crippen molar-refractivity contribution in [2.75, 3.05) is 13.2 Å². The van der Waals surface area contributed by atoms with Crippen molar-refractivity contribution in [3.63, 3.8) is 0 Å². The summed E-state index contributed by atoms with van der Waals surface area (Å²) in [6.45, 7) is -0.836. The van der Waals surface area contributed by atoms with Crippen LogP contribution in [0.2, 0.25) is 0 Å². The Balaban J connectivity index is 0. The smallest absolute Gasteiger partial charge is 0.325 e. The SMILES string of the molecule is O=C(CC(C(=O)O)S(=O)(=O)O)OCC#CCO.[Na]. The number of carboxylic acid groups (broad SMARTS) is 1. The molecule has 3 N–H and O–H groups in total. The number of aliphatic hydroxyl groups is 1. The number of hydrogen-bond acceptors (Lipinski definition) is 6. The molecule has 0 aliphatic rings. The molecule has 0 aliphatic heterocycles. The van der Waals surface area contributed by atoms with Crippen LogP contribution in [-0.2, 0) is 24.4 Å². The molecule has 0 heterocycles. The van der Waals surface area contributed by atoms with Crippen molar-refractivity contribution in [1.29, 1.82) is 0 Å². The van der Waals surface area contributed by atoms with Crippen LogP contribution in [0.3, 0.4) is 0 Å². The fourth-order valence-corrected chi connectivity index (χ4v) is 1.36. The Morgan fingerprint density at radius 3 is 2.22 bits per heavy atom. The predicted molar refractivity (Wildman–Crippen MR) is 59.2 cm³/mol. The number of ether oxygens (including phenoxy) is 1. The van der Waals surface area contributed by atoms with E-state index >= 15 is 0 Å². The van der Waals surface area contributed by atoms with Crippen LogP contribution >= 0.6 is 0 Å². The van der Waals surface area contributed by atoms with Gasteiger partial charge in [-0.15, -0.1) is 0 Å². The Bertz CT molecular complexity index is 445. The molecule has 0 aromatic heterocycles. The summed E-state index contributed by atoms with van der Waals surface area (Å²) in [7, 11) is -4.87. The molecule has 1 atom stereocenters. The second kappa shape index (κ2) is 9.32. The number of aliphatic carboxylic acids is 1. The van der Waals surface area contributed by atoms with E-state index in [1.165, 1.54) is 0 Å². The molecule has 10 heteroatoms. The van der Waals surface area contributed by atoms with Gasteiger partial charge in [0.25, 0.3) is 10.1 Å². The zero-order valence-electron chi connectivity index (χ0n) is 9.49. The molecule has 8 nitrogen and oxygen atoms in total. The number of carbonyl (C=O) groups is 2. The number of carbonyl (C=O) groups excluding carboxylic acids is 1. The van der Waals surface area contributed by atoms with Gasteiger partial charge in [0.1, 0.15) is 6.61 Å². The summed E-state index contributed by atoms with van der Waals surface area (Å²) in [6.07, 6.45) is -1.02. The molecule has 1 unspecified atom stereocenters. The van der Waals surface area contributed by atoms with Gasteiger partial charge in [0.15, 0.2) is 11.9 Å². The van der Waals surface area contributed by atoms with Gasteiger partial charge in [0, 0.05) is 29.6 Å². The Hall–Kier alpha value is -0.630. The van der Waals surface area contributed by atoms with E-state index in [0.29, 0.717) is 0 Å². The van der Waals surface area contributed by atoms with Crippen molar-refractivity contribution >= 4 is 51.6 Å². The molecule has 0 bridgehead atoms. The largest absolute Gasteiger partial charge is 0.480 e. The van der Waals surface area contributed by atoms with Crippen molar-refractivity contribution < 1.29 is 37.5 Å². The second-order valence-electron chi connectivity index (χ2n) is 2.72. The van der Waals surface area contributed by atoms with E-state index in [2.05, 4.69) is 16.6 Å². The van der Waals surface area contributed by atoms with Gasteiger partial charge in [0.05, 0.1) is 6.42 Å². The first kappa shape index (κ1) is 19.7. The number of esters is 1. The summed E-state index contributed by atoms with van der Waals surface area (Å²) in [6, 6.07) is 0. The summed E-state index contributed by atoms with van der Waals surface area (Å²) in [5.41, 5.74) is 0. The van der Waals surface area contributed by atoms with Gasteiger partial charge >= 0.3 is 11.9 Å². The third kappa shape index (κ3) is 8.46. The molecule has 0 saturated carbocycles. The summed E-state index contributed by atoms with van der Waals surface area (Å²) < 4.78 is 34.1. The molecule has 0 rings (SSSR count). The minimum absolute atomic E-state index is 0. The van der Waals surface area contributed by atoms with Gasteiger partial charge in [-0.25, -0.2) is 0 Å². The Morgan fingerprint density at radius 1 is 1.28 bits per heavy atom. The fraction of sp³-hybridized carbons (Fsp3) is 0.500. The Kier molecular flexibility index (Phi) is 10.2. The van der Waals surface area contributed by atoms with Crippen LogP contribution in [0.5, 0.6) is 0 Å². The molecule has 0 amide bonds. The monoisotopic (exact) mass is 289 g/mol. The number of hydrogen-bond donors (Lipinski definition) is 3. The summed E-state index contributed by atoms with van der Waals surface area (Å²) in [5, 5.41) is 14.4. The minimum Gasteiger partial charge on any atom is -0.480 e. The Labute approximate surface area is 125 Å². The minimum atomic E-state index is -4.87. The average Bonchev–Trinajstić information content (AvgIpc) is 2.19. The van der Waals surface area contributed by atoms with Crippen molar-refractivity contribution in [3.05, 3.63) is 0 Å². The average molecular weight is 289 g/mol. The molecular weight excluding hydrogens is 279 g/mol. The van der Waals surface area contributed by atoms with Crippen LogP contribution in [0.1, 0.15) is 6.42 Å². The van der Waals surface area contributed by atoms with Gasteiger partial charge in [0.2, 0.25) is 0 Å². The Morgan fingerprint density at radius 2 is 1.83 bits per heavy atom. The van der Waals surface area contributed by atoms with Crippen molar-refractivity contribution in [1.82, 2.24) is 0 Å². The van der Waals surface area contributed by atoms with Crippen LogP contribution in [0.15, 0.2) is 0 Å². The third-order valence-electron chi connectivity index (χ3n) is 1.50. The van der Waals surface area contributed by atoms with Gasteiger partial charge in [-0.1, -0.05) is 11.8 Å². The zero-order valence-corrected chi connectivity index (χ0v) is 12.3. The van der Waals surface area contributed by atoms with E-state index in [-0.39, 0.29) is 29.6 Å². The molecular formula is C8H10NaO8S. The van der Waals surface area contributed by atoms with Crippen LogP contribution in [0.25, 0.3) is 0 Å². The first-order valence-corrected chi connectivity index (χ1v) is 5.70. The van der Waals surface area contributed by atoms with Crippen LogP contribution in [0.4, 0.5) is 0 Å². The van der Waals surface area contributed by atoms with Crippen molar-refractivity contribution in [2.24, 2.45) is 0 Å². The summed E-state index contributed by atoms with van der Waals surface area (Å²) in [4.78, 5) is 21.4. The predicted octanol–water partition coefficient (Wildman–Crippen LogP) is -2.12. The van der Waals surface area contributed by atoms with Gasteiger partial charge in [-0.05, 0) is 0 Å². The van der Waals surface area contributed by atoms with E-state index in [4.69, 9.17) is 14.8 Å². The number of rotatable bonds is 5. The van der Waals surface area contributed by atoms with Crippen molar-refractivity contribution in [2.45, 2.75) is 11.7 Å². The zero-order chi connectivity index (χ0) is 13.5. The van der Waals surface area contributed by atoms with E-state index < -0.39 is 46.9 Å². The molecule has 0 aliphatic carbocycles. The third-order valence-corrected chi connectivity index (χ3v) is 2.58. The molecule has 0 saturated heterocycles. The molecule has 18 heavy (non-hydrogen) atoms. The molecule has 0 aromatic rings. The quantitative estimate of drug-likeness (QED) is 0.226. The maximum Gasteiger partial charge on any atom is 0.325 e. The van der Waals surface area contributed by atoms with E-state index in [1.807, 2.05) is 0 Å². The summed E-state index contributed by atoms with van der Waals surface area (Å²) in [5.74, 6) is 1.37. The molecule has 0 spiro atoms. The maximum absolute atomic E-state index is 11.0. The first-order chi connectivity index (χ1) is 7.79. The second-order valence-corrected chi connectivity index (χ2v) is 4.32. The van der Waals surface area contributed by atoms with Gasteiger partial charge in [-0.3, -0.25) is 14.1 Å². The number of aliphatic hydroxyl groups excluding tert-OH is 1. The van der Waals surface area contributed by atoms with Crippen LogP contribution in [-0.4, -0.2) is 83.1 Å². The molecule has 0 fully saturated rings. The standard InChI is InChI=1S/C8H10O8S.Na/c9-3-1-2-4-16-7(10)5-6(8(11)12)17(13,14)15;/h6,9H,3-5H2,(H,11,12)(H,13,14,15);. The van der Waals surface area contributed by atoms with E-state index in [9.17, 15) is 18.0 Å². The van der Waals surface area contributed by atoms with E-state index in [1.54, 1.807) is 0 Å². The van der Waals surface area contributed by atoms with Crippen LogP contribution in [0, 0.1) is 11.8 Å². The summed E-state index contributed by atoms with van der Waals surface area (Å²) >= 11 is 0. The van der Waals surface area contributed by atoms with Gasteiger partial charge < -0.3 is 14.9 Å². The normalized spacial score (nSPS) is 11.4. The van der Waals surface area contributed by atoms with Crippen LogP contribution < -0.4 is 0 Å². The first-order valence-electron chi connectivity index (χ1n) is 4.20. The molecule has 0 aromatic carbocycles. The molecule has 1 radical (unpaired) electrons. The molecule has 97 valence electrons. The fourth-order valence-electron chi connectivity index (χ4n) is 0.754. The van der Waals surface area contributed by atoms with E-state index in [0.717, 1.165) is 0 Å².